The van der Waals surface area contributed by atoms with E-state index in [1.165, 1.54) is 67.5 Å². The Morgan fingerprint density at radius 3 is 1.27 bits per heavy atom. The lowest BCUT2D eigenvalue weighted by atomic mass is 9.70. The van der Waals surface area contributed by atoms with Gasteiger partial charge in [-0.15, -0.1) is 0 Å². The third-order valence-electron chi connectivity index (χ3n) is 9.84. The molecule has 5 rings (SSSR count). The van der Waals surface area contributed by atoms with Crippen LogP contribution in [0.1, 0.15) is 89.2 Å². The molecule has 1 aliphatic rings. The largest absolute Gasteiger partial charge is 0.314 e. The van der Waals surface area contributed by atoms with Crippen molar-refractivity contribution in [3.05, 3.63) is 108 Å². The number of nitrogens with zero attached hydrogens (tertiary/aromatic N) is 2. The molecule has 238 valence electrons. The van der Waals surface area contributed by atoms with Gasteiger partial charge < -0.3 is 10.4 Å². The Labute approximate surface area is 271 Å². The first-order valence-electron chi connectivity index (χ1n) is 17.3. The summed E-state index contributed by atoms with van der Waals surface area (Å²) in [6.45, 7) is 6.85. The van der Waals surface area contributed by atoms with E-state index in [2.05, 4.69) is 97.1 Å². The molecule has 4 aromatic carbocycles. The van der Waals surface area contributed by atoms with Crippen molar-refractivity contribution in [3.63, 3.8) is 0 Å². The highest BCUT2D eigenvalue weighted by Crippen LogP contribution is 2.55. The standard InChI is InChI=1S/C41H52N2O2/c1-3-42(44)29-17-7-5-15-27-41(28-16-6-8-18-30-43(45)4-2)39-31-35(33-19-11-9-12-20-33)23-25-37(39)38-26-24-36(32-40(38)41)34-21-13-10-14-22-34/h9-14,19-26,31-32,44-45H,3-8,15-18,27-30H2,1-2H3. The van der Waals surface area contributed by atoms with Gasteiger partial charge in [-0.2, -0.15) is 10.1 Å². The first-order valence-corrected chi connectivity index (χ1v) is 17.3. The predicted molar refractivity (Wildman–Crippen MR) is 188 cm³/mol. The zero-order valence-electron chi connectivity index (χ0n) is 27.4. The summed E-state index contributed by atoms with van der Waals surface area (Å²) in [6.07, 6.45) is 11.2. The number of fused-ring (bicyclic) bond motifs is 3. The van der Waals surface area contributed by atoms with Crippen LogP contribution >= 0.6 is 0 Å². The van der Waals surface area contributed by atoms with Crippen molar-refractivity contribution in [1.29, 1.82) is 0 Å². The van der Waals surface area contributed by atoms with Crippen molar-refractivity contribution in [2.75, 3.05) is 26.2 Å². The van der Waals surface area contributed by atoms with E-state index in [1.807, 2.05) is 13.8 Å². The summed E-state index contributed by atoms with van der Waals surface area (Å²) >= 11 is 0. The molecule has 0 unspecified atom stereocenters. The van der Waals surface area contributed by atoms with Crippen LogP contribution in [0.15, 0.2) is 97.1 Å². The molecule has 2 N–H and O–H groups in total. The van der Waals surface area contributed by atoms with E-state index in [-0.39, 0.29) is 5.41 Å². The van der Waals surface area contributed by atoms with Crippen LogP contribution in [0.2, 0.25) is 0 Å². The minimum atomic E-state index is -0.0425. The van der Waals surface area contributed by atoms with Gasteiger partial charge in [0.05, 0.1) is 0 Å². The Morgan fingerprint density at radius 2 is 0.867 bits per heavy atom. The number of hydroxylamine groups is 4. The molecule has 0 fully saturated rings. The molecule has 45 heavy (non-hydrogen) atoms. The molecular weight excluding hydrogens is 552 g/mol. The molecule has 4 heteroatoms. The Hall–Kier alpha value is -3.28. The summed E-state index contributed by atoms with van der Waals surface area (Å²) in [6, 6.07) is 36.0. The van der Waals surface area contributed by atoms with Crippen LogP contribution in [0.4, 0.5) is 0 Å². The fourth-order valence-corrected chi connectivity index (χ4v) is 7.24. The van der Waals surface area contributed by atoms with Gasteiger partial charge in [0.25, 0.3) is 0 Å². The highest BCUT2D eigenvalue weighted by atomic mass is 16.5. The van der Waals surface area contributed by atoms with Crippen molar-refractivity contribution in [2.24, 2.45) is 0 Å². The van der Waals surface area contributed by atoms with Gasteiger partial charge >= 0.3 is 0 Å². The van der Waals surface area contributed by atoms with Gasteiger partial charge in [-0.3, -0.25) is 0 Å². The molecule has 0 heterocycles. The van der Waals surface area contributed by atoms with Crippen LogP contribution in [0.3, 0.4) is 0 Å². The molecular formula is C41H52N2O2. The second kappa shape index (κ2) is 16.3. The Morgan fingerprint density at radius 1 is 0.467 bits per heavy atom. The summed E-state index contributed by atoms with van der Waals surface area (Å²) in [5.74, 6) is 0. The topological polar surface area (TPSA) is 46.9 Å². The molecule has 0 aromatic heterocycles. The number of benzene rings is 4. The van der Waals surface area contributed by atoms with Gasteiger partial charge in [0.1, 0.15) is 0 Å². The molecule has 0 atom stereocenters. The normalized spacial score (nSPS) is 13.4. The van der Waals surface area contributed by atoms with Crippen LogP contribution in [0.5, 0.6) is 0 Å². The third kappa shape index (κ3) is 8.12. The highest BCUT2D eigenvalue weighted by molar-refractivity contribution is 5.86. The van der Waals surface area contributed by atoms with Crippen LogP contribution in [0, 0.1) is 0 Å². The molecule has 4 nitrogen and oxygen atoms in total. The SMILES string of the molecule is CCN(O)CCCCCCC1(CCCCCCN(O)CC)c2cc(-c3ccccc3)ccc2-c2ccc(-c3ccccc3)cc21. The van der Waals surface area contributed by atoms with Crippen molar-refractivity contribution in [1.82, 2.24) is 10.1 Å². The van der Waals surface area contributed by atoms with Gasteiger partial charge in [-0.1, -0.05) is 137 Å². The van der Waals surface area contributed by atoms with Crippen molar-refractivity contribution < 1.29 is 10.4 Å². The predicted octanol–water partition coefficient (Wildman–Crippen LogP) is 10.6. The van der Waals surface area contributed by atoms with E-state index >= 15 is 0 Å². The zero-order chi connectivity index (χ0) is 31.5. The fraction of sp³-hybridized carbons (Fsp3) is 0.415. The maximum absolute atomic E-state index is 9.91. The summed E-state index contributed by atoms with van der Waals surface area (Å²) in [4.78, 5) is 0. The van der Waals surface area contributed by atoms with E-state index < -0.39 is 0 Å². The third-order valence-corrected chi connectivity index (χ3v) is 9.84. The number of unbranched alkanes of at least 4 members (excludes halogenated alkanes) is 6. The van der Waals surface area contributed by atoms with Crippen LogP contribution < -0.4 is 0 Å². The fourth-order valence-electron chi connectivity index (χ4n) is 7.24. The van der Waals surface area contributed by atoms with Gasteiger partial charge in [-0.05, 0) is 82.3 Å². The minimum absolute atomic E-state index is 0.0425. The summed E-state index contributed by atoms with van der Waals surface area (Å²) in [5.41, 5.74) is 10.8. The van der Waals surface area contributed by atoms with Crippen molar-refractivity contribution in [2.45, 2.75) is 83.5 Å². The lowest BCUT2D eigenvalue weighted by Crippen LogP contribution is -2.26. The van der Waals surface area contributed by atoms with Gasteiger partial charge in [0.2, 0.25) is 0 Å². The molecule has 0 spiro atoms. The molecule has 0 radical (unpaired) electrons. The van der Waals surface area contributed by atoms with E-state index in [9.17, 15) is 10.4 Å². The smallest absolute Gasteiger partial charge is 0.0238 e. The number of rotatable bonds is 18. The Kier molecular flexibility index (Phi) is 12.0. The monoisotopic (exact) mass is 604 g/mol. The maximum atomic E-state index is 9.91. The Bertz CT molecular complexity index is 1360. The van der Waals surface area contributed by atoms with Gasteiger partial charge in [0, 0.05) is 31.6 Å². The summed E-state index contributed by atoms with van der Waals surface area (Å²) in [5, 5.41) is 22.7. The van der Waals surface area contributed by atoms with Crippen LogP contribution in [0.25, 0.3) is 33.4 Å². The van der Waals surface area contributed by atoms with Crippen LogP contribution in [-0.4, -0.2) is 46.7 Å². The summed E-state index contributed by atoms with van der Waals surface area (Å²) < 4.78 is 0. The first-order chi connectivity index (χ1) is 22.1. The van der Waals surface area contributed by atoms with Crippen molar-refractivity contribution >= 4 is 0 Å². The Balaban J connectivity index is 1.49. The second-order valence-corrected chi connectivity index (χ2v) is 12.8. The van der Waals surface area contributed by atoms with E-state index in [0.717, 1.165) is 64.5 Å². The van der Waals surface area contributed by atoms with Crippen LogP contribution in [-0.2, 0) is 5.41 Å². The highest BCUT2D eigenvalue weighted by Gasteiger charge is 2.42. The molecule has 0 aliphatic heterocycles. The molecule has 4 aromatic rings. The van der Waals surface area contributed by atoms with E-state index in [1.54, 1.807) is 0 Å². The number of hydrogen-bond donors (Lipinski definition) is 2. The summed E-state index contributed by atoms with van der Waals surface area (Å²) in [7, 11) is 0. The zero-order valence-corrected chi connectivity index (χ0v) is 27.4. The number of hydrogen-bond acceptors (Lipinski definition) is 4. The van der Waals surface area contributed by atoms with Gasteiger partial charge in [-0.25, -0.2) is 0 Å². The lowest BCUT2D eigenvalue weighted by Gasteiger charge is -2.33. The average molecular weight is 605 g/mol. The van der Waals surface area contributed by atoms with E-state index in [4.69, 9.17) is 0 Å². The second-order valence-electron chi connectivity index (χ2n) is 12.8. The molecule has 0 amide bonds. The molecule has 1 aliphatic carbocycles. The molecule has 0 saturated carbocycles. The maximum Gasteiger partial charge on any atom is 0.0238 e. The first kappa shape index (κ1) is 33.1. The van der Waals surface area contributed by atoms with E-state index in [0.29, 0.717) is 13.1 Å². The molecule has 0 bridgehead atoms. The quantitative estimate of drug-likeness (QED) is 0.0876. The minimum Gasteiger partial charge on any atom is -0.314 e. The van der Waals surface area contributed by atoms with Crippen molar-refractivity contribution in [3.8, 4) is 33.4 Å². The lowest BCUT2D eigenvalue weighted by molar-refractivity contribution is -0.0871. The van der Waals surface area contributed by atoms with Gasteiger partial charge in [0.15, 0.2) is 0 Å². The average Bonchev–Trinajstić information content (AvgIpc) is 3.36. The molecule has 0 saturated heterocycles.